The Morgan fingerprint density at radius 2 is 2.00 bits per heavy atom. The molecule has 1 aromatic carbocycles. The molecule has 1 aliphatic carbocycles. The summed E-state index contributed by atoms with van der Waals surface area (Å²) in [7, 11) is 1.94. The van der Waals surface area contributed by atoms with Crippen molar-refractivity contribution in [3.8, 4) is 0 Å². The first kappa shape index (κ1) is 28.8. The lowest BCUT2D eigenvalue weighted by Crippen LogP contribution is -2.37. The van der Waals surface area contributed by atoms with Gasteiger partial charge in [0.1, 0.15) is 12.1 Å². The third-order valence-corrected chi connectivity index (χ3v) is 5.99. The number of aliphatic hydroxyl groups is 1. The summed E-state index contributed by atoms with van der Waals surface area (Å²) < 4.78 is 0. The van der Waals surface area contributed by atoms with Crippen LogP contribution in [0.15, 0.2) is 28.4 Å². The van der Waals surface area contributed by atoms with Crippen LogP contribution in [0.25, 0.3) is 0 Å². The lowest BCUT2D eigenvalue weighted by molar-refractivity contribution is -0.108. The number of aryl methyl sites for hydroxylation is 2. The molecule has 1 aromatic rings. The van der Waals surface area contributed by atoms with Crippen LogP contribution in [0.1, 0.15) is 76.3 Å². The molecule has 1 aliphatic rings. The number of hydrogen-bond acceptors (Lipinski definition) is 5. The standard InChI is InChI=1S/C18H33N3O2.C9H13N/c1-15(2)6-4-8-18(20-19-3)21(17-9-10-17)14-16(11-13-23)7-5-12-22;1-7-4-5-9(10-3)8(2)6-7/h13,15-17,22H,3-12,14H2,1-2H3;4-6,10H,1-3H3/b20-18-;. The normalized spacial score (nSPS) is 14.3. The van der Waals surface area contributed by atoms with Gasteiger partial charge in [-0.3, -0.25) is 0 Å². The molecule has 0 heterocycles. The van der Waals surface area contributed by atoms with Gasteiger partial charge in [-0.25, -0.2) is 0 Å². The summed E-state index contributed by atoms with van der Waals surface area (Å²) in [6.07, 6.45) is 8.74. The molecule has 0 aromatic heterocycles. The number of nitrogens with one attached hydrogen (secondary N) is 1. The Morgan fingerprint density at radius 3 is 2.52 bits per heavy atom. The number of benzene rings is 1. The number of aliphatic hydroxyl groups excluding tert-OH is 1. The first-order valence-electron chi connectivity index (χ1n) is 12.4. The maximum Gasteiger partial charge on any atom is 0.127 e. The average Bonchev–Trinajstić information content (AvgIpc) is 3.61. The van der Waals surface area contributed by atoms with Crippen LogP contribution in [0.4, 0.5) is 5.69 Å². The van der Waals surface area contributed by atoms with E-state index in [1.165, 1.54) is 36.1 Å². The second kappa shape index (κ2) is 16.4. The van der Waals surface area contributed by atoms with Gasteiger partial charge >= 0.3 is 0 Å². The summed E-state index contributed by atoms with van der Waals surface area (Å²) in [4.78, 5) is 13.3. The Balaban J connectivity index is 0.000000451. The lowest BCUT2D eigenvalue weighted by atomic mass is 9.98. The molecule has 2 N–H and O–H groups in total. The number of nitrogens with zero attached hydrogens (tertiary/aromatic N) is 3. The number of aldehydes is 1. The molecule has 0 spiro atoms. The Hall–Kier alpha value is -2.21. The summed E-state index contributed by atoms with van der Waals surface area (Å²) in [5.74, 6) is 1.98. The minimum absolute atomic E-state index is 0.183. The van der Waals surface area contributed by atoms with Crippen molar-refractivity contribution in [2.24, 2.45) is 22.0 Å². The maximum absolute atomic E-state index is 10.9. The smallest absolute Gasteiger partial charge is 0.127 e. The fraction of sp³-hybridized carbons (Fsp3) is 0.667. The molecule has 1 saturated carbocycles. The SMILES string of the molecule is C=N/N=C(/CCCC(C)C)N(CC(CC=O)CCCO)C1CC1.CNc1ccc(C)cc1C. The van der Waals surface area contributed by atoms with Crippen LogP contribution < -0.4 is 5.32 Å². The molecule has 1 atom stereocenters. The van der Waals surface area contributed by atoms with E-state index in [1.54, 1.807) is 0 Å². The van der Waals surface area contributed by atoms with Gasteiger partial charge in [0.15, 0.2) is 0 Å². The van der Waals surface area contributed by atoms with Crippen molar-refractivity contribution in [3.05, 3.63) is 29.3 Å². The summed E-state index contributed by atoms with van der Waals surface area (Å²) >= 11 is 0. The van der Waals surface area contributed by atoms with Crippen molar-refractivity contribution in [2.45, 2.75) is 85.1 Å². The van der Waals surface area contributed by atoms with Crippen molar-refractivity contribution in [1.82, 2.24) is 4.90 Å². The van der Waals surface area contributed by atoms with Crippen LogP contribution in [0.5, 0.6) is 0 Å². The van der Waals surface area contributed by atoms with Gasteiger partial charge < -0.3 is 20.1 Å². The number of carbonyl (C=O) groups is 1. The maximum atomic E-state index is 10.9. The van der Waals surface area contributed by atoms with Gasteiger partial charge in [0.25, 0.3) is 0 Å². The molecular weight excluding hydrogens is 412 g/mol. The third kappa shape index (κ3) is 12.0. The number of carbonyl (C=O) groups excluding carboxylic acids is 1. The predicted molar refractivity (Wildman–Crippen MR) is 141 cm³/mol. The van der Waals surface area contributed by atoms with Crippen molar-refractivity contribution >= 4 is 24.5 Å². The van der Waals surface area contributed by atoms with Gasteiger partial charge in [-0.15, -0.1) is 5.10 Å². The molecule has 0 saturated heterocycles. The highest BCUT2D eigenvalue weighted by Gasteiger charge is 2.32. The molecule has 0 bridgehead atoms. The highest BCUT2D eigenvalue weighted by molar-refractivity contribution is 5.83. The minimum Gasteiger partial charge on any atom is -0.396 e. The fourth-order valence-electron chi connectivity index (χ4n) is 4.02. The molecule has 6 nitrogen and oxygen atoms in total. The van der Waals surface area contributed by atoms with Crippen LogP contribution in [0.3, 0.4) is 0 Å². The molecule has 0 amide bonds. The van der Waals surface area contributed by atoms with E-state index < -0.39 is 0 Å². The predicted octanol–water partition coefficient (Wildman–Crippen LogP) is 5.61. The van der Waals surface area contributed by atoms with E-state index in [2.05, 4.69) is 73.0 Å². The number of hydrogen-bond donors (Lipinski definition) is 2. The van der Waals surface area contributed by atoms with E-state index in [4.69, 9.17) is 5.11 Å². The molecule has 6 heteroatoms. The van der Waals surface area contributed by atoms with E-state index in [-0.39, 0.29) is 12.5 Å². The topological polar surface area (TPSA) is 77.3 Å². The monoisotopic (exact) mass is 458 g/mol. The summed E-state index contributed by atoms with van der Waals surface area (Å²) in [6.45, 7) is 13.2. The summed E-state index contributed by atoms with van der Waals surface area (Å²) in [6, 6.07) is 6.92. The summed E-state index contributed by atoms with van der Waals surface area (Å²) in [5, 5.41) is 20.2. The molecule has 33 heavy (non-hydrogen) atoms. The zero-order valence-corrected chi connectivity index (χ0v) is 21.5. The summed E-state index contributed by atoms with van der Waals surface area (Å²) in [5.41, 5.74) is 3.84. The van der Waals surface area contributed by atoms with E-state index in [1.807, 2.05) is 7.05 Å². The van der Waals surface area contributed by atoms with Gasteiger partial charge in [0.2, 0.25) is 0 Å². The largest absolute Gasteiger partial charge is 0.396 e. The number of rotatable bonds is 14. The van der Waals surface area contributed by atoms with Gasteiger partial charge in [0.05, 0.1) is 0 Å². The van der Waals surface area contributed by atoms with Crippen molar-refractivity contribution < 1.29 is 9.90 Å². The van der Waals surface area contributed by atoms with Gasteiger partial charge in [-0.05, 0) is 69.4 Å². The van der Waals surface area contributed by atoms with Crippen LogP contribution in [-0.2, 0) is 4.79 Å². The highest BCUT2D eigenvalue weighted by Crippen LogP contribution is 2.30. The second-order valence-corrected chi connectivity index (χ2v) is 9.53. The zero-order valence-electron chi connectivity index (χ0n) is 21.5. The molecule has 1 unspecified atom stereocenters. The lowest BCUT2D eigenvalue weighted by Gasteiger charge is -2.29. The van der Waals surface area contributed by atoms with Crippen molar-refractivity contribution in [3.63, 3.8) is 0 Å². The Bertz CT molecular complexity index is 729. The molecule has 1 fully saturated rings. The fourth-order valence-corrected chi connectivity index (χ4v) is 4.02. The van der Waals surface area contributed by atoms with Gasteiger partial charge in [-0.1, -0.05) is 38.0 Å². The van der Waals surface area contributed by atoms with Gasteiger partial charge in [0, 0.05) is 51.5 Å². The zero-order chi connectivity index (χ0) is 24.6. The van der Waals surface area contributed by atoms with Crippen LogP contribution >= 0.6 is 0 Å². The van der Waals surface area contributed by atoms with E-state index in [0.29, 0.717) is 18.4 Å². The number of amidine groups is 1. The Kier molecular flexibility index (Phi) is 14.3. The average molecular weight is 459 g/mol. The molecule has 2 rings (SSSR count). The van der Waals surface area contributed by atoms with Gasteiger partial charge in [-0.2, -0.15) is 5.10 Å². The highest BCUT2D eigenvalue weighted by atomic mass is 16.2. The van der Waals surface area contributed by atoms with Crippen LogP contribution in [-0.4, -0.2) is 55.1 Å². The van der Waals surface area contributed by atoms with Crippen LogP contribution in [0.2, 0.25) is 0 Å². The first-order chi connectivity index (χ1) is 15.9. The number of anilines is 1. The molecule has 0 aliphatic heterocycles. The Labute approximate surface area is 201 Å². The van der Waals surface area contributed by atoms with E-state index >= 15 is 0 Å². The van der Waals surface area contributed by atoms with E-state index in [0.717, 1.165) is 44.3 Å². The molecule has 186 valence electrons. The second-order valence-electron chi connectivity index (χ2n) is 9.53. The van der Waals surface area contributed by atoms with Crippen molar-refractivity contribution in [2.75, 3.05) is 25.5 Å². The molecular formula is C27H46N4O2. The van der Waals surface area contributed by atoms with Crippen LogP contribution in [0, 0.1) is 25.7 Å². The first-order valence-corrected chi connectivity index (χ1v) is 12.4. The Morgan fingerprint density at radius 1 is 1.27 bits per heavy atom. The quantitative estimate of drug-likeness (QED) is 0.164. The molecule has 0 radical (unpaired) electrons. The third-order valence-electron chi connectivity index (χ3n) is 5.99. The minimum atomic E-state index is 0.183. The van der Waals surface area contributed by atoms with E-state index in [9.17, 15) is 4.79 Å². The van der Waals surface area contributed by atoms with Crippen molar-refractivity contribution in [1.29, 1.82) is 0 Å².